The molecule has 0 radical (unpaired) electrons. The highest BCUT2D eigenvalue weighted by molar-refractivity contribution is 5.84. The van der Waals surface area contributed by atoms with Gasteiger partial charge in [-0.1, -0.05) is 26.2 Å². The van der Waals surface area contributed by atoms with Crippen LogP contribution in [0, 0.1) is 0 Å². The van der Waals surface area contributed by atoms with E-state index in [2.05, 4.69) is 16.8 Å². The van der Waals surface area contributed by atoms with Crippen molar-refractivity contribution in [3.05, 3.63) is 18.2 Å². The number of nitrogens with zero attached hydrogens (tertiary/aromatic N) is 2. The first-order valence-corrected chi connectivity index (χ1v) is 7.89. The third kappa shape index (κ3) is 4.13. The van der Waals surface area contributed by atoms with Crippen LogP contribution >= 0.6 is 0 Å². The molecule has 21 heavy (non-hydrogen) atoms. The normalized spacial score (nSPS) is 17.3. The van der Waals surface area contributed by atoms with E-state index in [0.29, 0.717) is 12.6 Å². The molecule has 1 atom stereocenters. The Balaban J connectivity index is 2.03. The quantitative estimate of drug-likeness (QED) is 0.681. The standard InChI is InChI=1S/C17H26N2O2/c1-4-6-7-8-14-12-19(13-18-14)16-10-9-15(20-3)11-17(16)21-5-2/h9-11,13-14H,4-8,12H2,1-3H3. The van der Waals surface area contributed by atoms with Gasteiger partial charge in [-0.3, -0.25) is 4.99 Å². The lowest BCUT2D eigenvalue weighted by Gasteiger charge is -2.20. The van der Waals surface area contributed by atoms with Gasteiger partial charge in [0, 0.05) is 12.6 Å². The van der Waals surface area contributed by atoms with Gasteiger partial charge < -0.3 is 14.4 Å². The van der Waals surface area contributed by atoms with Crippen molar-refractivity contribution >= 4 is 12.0 Å². The zero-order valence-electron chi connectivity index (χ0n) is 13.3. The Kier molecular flexibility index (Phi) is 5.90. The molecule has 0 fully saturated rings. The van der Waals surface area contributed by atoms with Crippen LogP contribution in [0.25, 0.3) is 0 Å². The van der Waals surface area contributed by atoms with Crippen LogP contribution in [0.2, 0.25) is 0 Å². The summed E-state index contributed by atoms with van der Waals surface area (Å²) in [6, 6.07) is 6.37. The van der Waals surface area contributed by atoms with Gasteiger partial charge in [0.2, 0.25) is 0 Å². The third-order valence-corrected chi connectivity index (χ3v) is 3.74. The highest BCUT2D eigenvalue weighted by atomic mass is 16.5. The molecule has 1 heterocycles. The second kappa shape index (κ2) is 7.91. The summed E-state index contributed by atoms with van der Waals surface area (Å²) in [5.41, 5.74) is 1.07. The maximum absolute atomic E-state index is 5.74. The van der Waals surface area contributed by atoms with Crippen LogP contribution in [0.4, 0.5) is 5.69 Å². The smallest absolute Gasteiger partial charge is 0.146 e. The van der Waals surface area contributed by atoms with Crippen LogP contribution in [0.5, 0.6) is 11.5 Å². The summed E-state index contributed by atoms with van der Waals surface area (Å²) in [5.74, 6) is 1.68. The maximum atomic E-state index is 5.74. The molecule has 1 unspecified atom stereocenters. The lowest BCUT2D eigenvalue weighted by Crippen LogP contribution is -2.23. The molecule has 0 N–H and O–H groups in total. The minimum Gasteiger partial charge on any atom is -0.497 e. The number of hydrogen-bond acceptors (Lipinski definition) is 4. The van der Waals surface area contributed by atoms with Crippen molar-refractivity contribution in [1.82, 2.24) is 0 Å². The molecule has 0 amide bonds. The predicted octanol–water partition coefficient (Wildman–Crippen LogP) is 3.89. The zero-order valence-corrected chi connectivity index (χ0v) is 13.3. The first-order chi connectivity index (χ1) is 10.3. The van der Waals surface area contributed by atoms with Crippen molar-refractivity contribution < 1.29 is 9.47 Å². The summed E-state index contributed by atoms with van der Waals surface area (Å²) < 4.78 is 11.0. The highest BCUT2D eigenvalue weighted by Crippen LogP contribution is 2.33. The average Bonchev–Trinajstić information content (AvgIpc) is 2.96. The summed E-state index contributed by atoms with van der Waals surface area (Å²) >= 11 is 0. The Bertz CT molecular complexity index is 474. The topological polar surface area (TPSA) is 34.1 Å². The molecule has 116 valence electrons. The molecule has 0 spiro atoms. The van der Waals surface area contributed by atoms with Gasteiger partial charge in [-0.15, -0.1) is 0 Å². The van der Waals surface area contributed by atoms with E-state index in [0.717, 1.165) is 23.7 Å². The number of methoxy groups -OCH3 is 1. The van der Waals surface area contributed by atoms with E-state index in [1.54, 1.807) is 7.11 Å². The Morgan fingerprint density at radius 2 is 2.14 bits per heavy atom. The number of unbranched alkanes of at least 4 members (excludes halogenated alkanes) is 2. The van der Waals surface area contributed by atoms with Crippen LogP contribution in [0.15, 0.2) is 23.2 Å². The van der Waals surface area contributed by atoms with Gasteiger partial charge in [-0.2, -0.15) is 0 Å². The Labute approximate surface area is 127 Å². The monoisotopic (exact) mass is 290 g/mol. The van der Waals surface area contributed by atoms with E-state index >= 15 is 0 Å². The van der Waals surface area contributed by atoms with Crippen LogP contribution in [0.3, 0.4) is 0 Å². The largest absolute Gasteiger partial charge is 0.497 e. The van der Waals surface area contributed by atoms with Crippen molar-refractivity contribution in [1.29, 1.82) is 0 Å². The van der Waals surface area contributed by atoms with E-state index in [4.69, 9.17) is 9.47 Å². The molecule has 0 aliphatic carbocycles. The lowest BCUT2D eigenvalue weighted by molar-refractivity contribution is 0.337. The number of anilines is 1. The molecule has 4 nitrogen and oxygen atoms in total. The van der Waals surface area contributed by atoms with E-state index in [9.17, 15) is 0 Å². The summed E-state index contributed by atoms with van der Waals surface area (Å²) in [6.07, 6.45) is 6.92. The van der Waals surface area contributed by atoms with Crippen molar-refractivity contribution in [2.24, 2.45) is 4.99 Å². The van der Waals surface area contributed by atoms with Gasteiger partial charge in [-0.05, 0) is 25.5 Å². The fourth-order valence-electron chi connectivity index (χ4n) is 2.58. The zero-order chi connectivity index (χ0) is 15.1. The fourth-order valence-corrected chi connectivity index (χ4v) is 2.58. The number of hydrogen-bond donors (Lipinski definition) is 0. The predicted molar refractivity (Wildman–Crippen MR) is 87.9 cm³/mol. The Hall–Kier alpha value is -1.71. The molecular weight excluding hydrogens is 264 g/mol. The summed E-state index contributed by atoms with van der Waals surface area (Å²) in [7, 11) is 1.67. The summed E-state index contributed by atoms with van der Waals surface area (Å²) in [6.45, 7) is 5.81. The van der Waals surface area contributed by atoms with Gasteiger partial charge in [0.1, 0.15) is 11.5 Å². The molecule has 0 saturated carbocycles. The van der Waals surface area contributed by atoms with Crippen LogP contribution in [-0.2, 0) is 0 Å². The molecule has 0 bridgehead atoms. The number of rotatable bonds is 8. The Morgan fingerprint density at radius 1 is 1.29 bits per heavy atom. The molecule has 0 saturated heterocycles. The second-order valence-corrected chi connectivity index (χ2v) is 5.33. The van der Waals surface area contributed by atoms with Crippen LogP contribution in [0.1, 0.15) is 39.5 Å². The van der Waals surface area contributed by atoms with Crippen molar-refractivity contribution in [3.63, 3.8) is 0 Å². The van der Waals surface area contributed by atoms with E-state index in [-0.39, 0.29) is 0 Å². The number of ether oxygens (including phenoxy) is 2. The molecule has 1 aliphatic heterocycles. The van der Waals surface area contributed by atoms with E-state index < -0.39 is 0 Å². The van der Waals surface area contributed by atoms with Crippen molar-refractivity contribution in [2.45, 2.75) is 45.6 Å². The van der Waals surface area contributed by atoms with Gasteiger partial charge >= 0.3 is 0 Å². The minimum atomic E-state index is 0.410. The molecule has 1 aliphatic rings. The van der Waals surface area contributed by atoms with Crippen molar-refractivity contribution in [2.75, 3.05) is 25.2 Å². The van der Waals surface area contributed by atoms with Crippen LogP contribution in [-0.4, -0.2) is 32.6 Å². The first-order valence-electron chi connectivity index (χ1n) is 7.89. The fraction of sp³-hybridized carbons (Fsp3) is 0.588. The van der Waals surface area contributed by atoms with E-state index in [1.165, 1.54) is 25.7 Å². The summed E-state index contributed by atoms with van der Waals surface area (Å²) in [4.78, 5) is 6.80. The molecule has 4 heteroatoms. The maximum Gasteiger partial charge on any atom is 0.146 e. The number of aliphatic imine (C=N–C) groups is 1. The molecule has 0 aromatic heterocycles. The Morgan fingerprint density at radius 3 is 2.86 bits per heavy atom. The molecule has 1 aromatic carbocycles. The average molecular weight is 290 g/mol. The lowest BCUT2D eigenvalue weighted by atomic mass is 10.1. The van der Waals surface area contributed by atoms with Gasteiger partial charge in [-0.25, -0.2) is 0 Å². The van der Waals surface area contributed by atoms with E-state index in [1.807, 2.05) is 31.5 Å². The van der Waals surface area contributed by atoms with Gasteiger partial charge in [0.25, 0.3) is 0 Å². The molecule has 2 rings (SSSR count). The third-order valence-electron chi connectivity index (χ3n) is 3.74. The van der Waals surface area contributed by atoms with Crippen LogP contribution < -0.4 is 14.4 Å². The second-order valence-electron chi connectivity index (χ2n) is 5.33. The SMILES string of the molecule is CCCCCC1CN(c2ccc(OC)cc2OCC)C=N1. The molecular formula is C17H26N2O2. The van der Waals surface area contributed by atoms with Gasteiger partial charge in [0.05, 0.1) is 31.8 Å². The highest BCUT2D eigenvalue weighted by Gasteiger charge is 2.21. The minimum absolute atomic E-state index is 0.410. The van der Waals surface area contributed by atoms with Crippen molar-refractivity contribution in [3.8, 4) is 11.5 Å². The first kappa shape index (κ1) is 15.7. The summed E-state index contributed by atoms with van der Waals surface area (Å²) in [5, 5.41) is 0. The molecule has 1 aromatic rings. The van der Waals surface area contributed by atoms with Gasteiger partial charge in [0.15, 0.2) is 0 Å². The number of benzene rings is 1.